The van der Waals surface area contributed by atoms with Gasteiger partial charge in [-0.2, -0.15) is 0 Å². The summed E-state index contributed by atoms with van der Waals surface area (Å²) >= 11 is 0. The van der Waals surface area contributed by atoms with Crippen LogP contribution in [-0.2, 0) is 33.2 Å². The van der Waals surface area contributed by atoms with Crippen LogP contribution in [0.25, 0.3) is 0 Å². The van der Waals surface area contributed by atoms with Crippen molar-refractivity contribution in [2.24, 2.45) is 0 Å². The van der Waals surface area contributed by atoms with Crippen LogP contribution in [0.4, 0.5) is 0 Å². The van der Waals surface area contributed by atoms with Gasteiger partial charge in [-0.15, -0.1) is 6.58 Å². The molecule has 3 atom stereocenters. The first-order valence-corrected chi connectivity index (χ1v) is 9.55. The van der Waals surface area contributed by atoms with Crippen molar-refractivity contribution in [3.8, 4) is 0 Å². The van der Waals surface area contributed by atoms with Crippen molar-refractivity contribution in [2.75, 3.05) is 66.1 Å². The molecule has 2 rings (SSSR count). The van der Waals surface area contributed by atoms with E-state index in [1.165, 1.54) is 0 Å². The van der Waals surface area contributed by atoms with Crippen molar-refractivity contribution in [1.82, 2.24) is 0 Å². The summed E-state index contributed by atoms with van der Waals surface area (Å²) in [6.45, 7) is 11.3. The van der Waals surface area contributed by atoms with Gasteiger partial charge >= 0.3 is 0 Å². The lowest BCUT2D eigenvalue weighted by molar-refractivity contribution is -0.219. The predicted octanol–water partition coefficient (Wildman–Crippen LogP) is 0.910. The van der Waals surface area contributed by atoms with E-state index in [1.807, 2.05) is 13.8 Å². The van der Waals surface area contributed by atoms with Crippen molar-refractivity contribution in [3.05, 3.63) is 12.7 Å². The summed E-state index contributed by atoms with van der Waals surface area (Å²) < 4.78 is 39.5. The minimum Gasteiger partial charge on any atom is -0.393 e. The zero-order valence-corrected chi connectivity index (χ0v) is 16.5. The van der Waals surface area contributed by atoms with Crippen LogP contribution in [0.15, 0.2) is 12.7 Å². The van der Waals surface area contributed by atoms with Crippen molar-refractivity contribution in [1.29, 1.82) is 0 Å². The highest BCUT2D eigenvalue weighted by Gasteiger charge is 2.55. The predicted molar refractivity (Wildman–Crippen MR) is 97.7 cm³/mol. The summed E-state index contributed by atoms with van der Waals surface area (Å²) in [6, 6.07) is 0. The smallest absolute Gasteiger partial charge is 0.163 e. The Morgan fingerprint density at radius 1 is 1.00 bits per heavy atom. The number of hydrogen-bond donors (Lipinski definition) is 1. The normalized spacial score (nSPS) is 29.6. The monoisotopic (exact) mass is 390 g/mol. The molecular formula is C19H34O8. The zero-order valence-electron chi connectivity index (χ0n) is 16.5. The second kappa shape index (κ2) is 11.4. The minimum absolute atomic E-state index is 0.0895. The van der Waals surface area contributed by atoms with Crippen LogP contribution in [0.3, 0.4) is 0 Å². The molecular weight excluding hydrogens is 356 g/mol. The molecule has 2 heterocycles. The van der Waals surface area contributed by atoms with Crippen LogP contribution in [0.2, 0.25) is 0 Å². The molecule has 2 aliphatic rings. The van der Waals surface area contributed by atoms with Crippen LogP contribution >= 0.6 is 0 Å². The third-order valence-corrected chi connectivity index (χ3v) is 4.46. The van der Waals surface area contributed by atoms with E-state index in [4.69, 9.17) is 33.2 Å². The summed E-state index contributed by atoms with van der Waals surface area (Å²) in [5.41, 5.74) is -0.898. The Balaban J connectivity index is 1.57. The fourth-order valence-corrected chi connectivity index (χ4v) is 3.23. The number of ether oxygens (including phenoxy) is 7. The Bertz CT molecular complexity index is 430. The molecule has 0 radical (unpaired) electrons. The molecule has 2 aliphatic heterocycles. The van der Waals surface area contributed by atoms with Crippen LogP contribution in [0.5, 0.6) is 0 Å². The van der Waals surface area contributed by atoms with Gasteiger partial charge in [0.2, 0.25) is 0 Å². The number of rotatable bonds is 14. The lowest BCUT2D eigenvalue weighted by Crippen LogP contribution is -2.59. The highest BCUT2D eigenvalue weighted by molar-refractivity contribution is 5.01. The highest BCUT2D eigenvalue weighted by Crippen LogP contribution is 2.40. The van der Waals surface area contributed by atoms with Gasteiger partial charge in [-0.3, -0.25) is 0 Å². The quantitative estimate of drug-likeness (QED) is 0.346. The molecule has 0 aromatic rings. The van der Waals surface area contributed by atoms with Crippen LogP contribution < -0.4 is 0 Å². The van der Waals surface area contributed by atoms with Gasteiger partial charge in [0.15, 0.2) is 5.79 Å². The molecule has 27 heavy (non-hydrogen) atoms. The van der Waals surface area contributed by atoms with E-state index in [1.54, 1.807) is 6.08 Å². The third-order valence-electron chi connectivity index (χ3n) is 4.46. The van der Waals surface area contributed by atoms with Crippen molar-refractivity contribution >= 4 is 0 Å². The first kappa shape index (κ1) is 22.7. The summed E-state index contributed by atoms with van der Waals surface area (Å²) in [4.78, 5) is 0. The molecule has 0 aliphatic carbocycles. The van der Waals surface area contributed by atoms with E-state index in [0.717, 1.165) is 6.42 Å². The molecule has 2 saturated heterocycles. The van der Waals surface area contributed by atoms with E-state index in [9.17, 15) is 5.11 Å². The highest BCUT2D eigenvalue weighted by atomic mass is 16.8. The third kappa shape index (κ3) is 7.07. The van der Waals surface area contributed by atoms with E-state index in [2.05, 4.69) is 6.58 Å². The Labute approximate surface area is 161 Å². The second-order valence-corrected chi connectivity index (χ2v) is 7.10. The van der Waals surface area contributed by atoms with Gasteiger partial charge in [-0.25, -0.2) is 0 Å². The fraction of sp³-hybridized carbons (Fsp3) is 0.895. The lowest BCUT2D eigenvalue weighted by atomic mass is 9.90. The van der Waals surface area contributed by atoms with Crippen LogP contribution in [0, 0.1) is 0 Å². The molecule has 8 nitrogen and oxygen atoms in total. The maximum Gasteiger partial charge on any atom is 0.163 e. The number of aliphatic hydroxyl groups is 1. The molecule has 0 aromatic carbocycles. The molecule has 0 saturated carbocycles. The van der Waals surface area contributed by atoms with Gasteiger partial charge in [0.1, 0.15) is 11.7 Å². The fourth-order valence-electron chi connectivity index (χ4n) is 3.23. The van der Waals surface area contributed by atoms with Gasteiger partial charge in [0, 0.05) is 0 Å². The van der Waals surface area contributed by atoms with E-state index in [0.29, 0.717) is 52.9 Å². The summed E-state index contributed by atoms with van der Waals surface area (Å²) in [5, 5.41) is 9.93. The van der Waals surface area contributed by atoms with Gasteiger partial charge in [-0.1, -0.05) is 6.08 Å². The molecule has 158 valence electrons. The topological polar surface area (TPSA) is 84.8 Å². The van der Waals surface area contributed by atoms with Crippen molar-refractivity contribution < 1.29 is 38.3 Å². The zero-order chi connectivity index (χ0) is 19.6. The van der Waals surface area contributed by atoms with Gasteiger partial charge in [0.25, 0.3) is 0 Å². The molecule has 1 N–H and O–H groups in total. The molecule has 0 bridgehead atoms. The van der Waals surface area contributed by atoms with E-state index < -0.39 is 11.4 Å². The Morgan fingerprint density at radius 2 is 1.63 bits per heavy atom. The summed E-state index contributed by atoms with van der Waals surface area (Å²) in [6.07, 6.45) is 2.02. The maximum atomic E-state index is 9.93. The SMILES string of the molecule is C=CCOCCOCCOCCOC[C@@]1(CO)OCC[C@H]2OC(C)(C)O[C@H]21. The minimum atomic E-state index is -0.898. The molecule has 0 unspecified atom stereocenters. The Morgan fingerprint density at radius 3 is 2.26 bits per heavy atom. The summed E-state index contributed by atoms with van der Waals surface area (Å²) in [5.74, 6) is -0.677. The number of aliphatic hydroxyl groups excluding tert-OH is 1. The second-order valence-electron chi connectivity index (χ2n) is 7.10. The molecule has 2 fully saturated rings. The maximum absolute atomic E-state index is 9.93. The average Bonchev–Trinajstić information content (AvgIpc) is 2.97. The van der Waals surface area contributed by atoms with Crippen LogP contribution in [-0.4, -0.2) is 94.8 Å². The molecule has 8 heteroatoms. The van der Waals surface area contributed by atoms with Crippen molar-refractivity contribution in [3.63, 3.8) is 0 Å². The van der Waals surface area contributed by atoms with Gasteiger partial charge < -0.3 is 38.3 Å². The first-order chi connectivity index (χ1) is 13.0. The van der Waals surface area contributed by atoms with Gasteiger partial charge in [0.05, 0.1) is 72.2 Å². The van der Waals surface area contributed by atoms with Crippen molar-refractivity contribution in [2.45, 2.75) is 43.9 Å². The molecule has 0 amide bonds. The van der Waals surface area contributed by atoms with E-state index in [-0.39, 0.29) is 25.4 Å². The summed E-state index contributed by atoms with van der Waals surface area (Å²) in [7, 11) is 0. The average molecular weight is 390 g/mol. The molecule has 0 spiro atoms. The lowest BCUT2D eigenvalue weighted by Gasteiger charge is -2.41. The standard InChI is InChI=1S/C19H34O8/c1-4-6-21-8-9-22-10-11-23-12-13-24-15-19(14-20)17-16(5-7-25-19)26-18(2,3)27-17/h4,16-17,20H,1,5-15H2,2-3H3/t16-,17-,19-/m1/s1. The largest absolute Gasteiger partial charge is 0.393 e. The first-order valence-electron chi connectivity index (χ1n) is 9.55. The Hall–Kier alpha value is -0.580. The molecule has 0 aromatic heterocycles. The van der Waals surface area contributed by atoms with E-state index >= 15 is 0 Å². The number of fused-ring (bicyclic) bond motifs is 1. The number of hydrogen-bond acceptors (Lipinski definition) is 8. The van der Waals surface area contributed by atoms with Crippen LogP contribution in [0.1, 0.15) is 20.3 Å². The Kier molecular flexibility index (Phi) is 9.61. The van der Waals surface area contributed by atoms with Gasteiger partial charge in [-0.05, 0) is 20.3 Å².